The van der Waals surface area contributed by atoms with Gasteiger partial charge in [0.15, 0.2) is 0 Å². The first-order valence-corrected chi connectivity index (χ1v) is 12.1. The van der Waals surface area contributed by atoms with Gasteiger partial charge >= 0.3 is 5.97 Å². The van der Waals surface area contributed by atoms with E-state index in [9.17, 15) is 4.79 Å². The smallest absolute Gasteiger partial charge is 0.311 e. The highest BCUT2D eigenvalue weighted by molar-refractivity contribution is 5.77. The van der Waals surface area contributed by atoms with E-state index >= 15 is 0 Å². The molecule has 5 aliphatic carbocycles. The van der Waals surface area contributed by atoms with Crippen molar-refractivity contribution < 1.29 is 28.5 Å². The lowest BCUT2D eigenvalue weighted by Gasteiger charge is -2.70. The lowest BCUT2D eigenvalue weighted by molar-refractivity contribution is -0.276. The Hall–Kier alpha value is -0.690. The van der Waals surface area contributed by atoms with Gasteiger partial charge in [-0.25, -0.2) is 0 Å². The maximum absolute atomic E-state index is 12.9. The first-order valence-electron chi connectivity index (χ1n) is 12.1. The average Bonchev–Trinajstić information content (AvgIpc) is 2.77. The topological polar surface area (TPSA) is 63.2 Å². The third kappa shape index (κ3) is 3.56. The van der Waals surface area contributed by atoms with Gasteiger partial charge in [0, 0.05) is 25.6 Å². The van der Waals surface area contributed by atoms with Crippen molar-refractivity contribution in [3.05, 3.63) is 0 Å². The minimum Gasteiger partial charge on any atom is -0.469 e. The van der Waals surface area contributed by atoms with E-state index in [2.05, 4.69) is 13.8 Å². The van der Waals surface area contributed by atoms with Crippen molar-refractivity contribution in [3.8, 4) is 0 Å². The summed E-state index contributed by atoms with van der Waals surface area (Å²) in [7, 11) is 4.92. The second kappa shape index (κ2) is 8.92. The highest BCUT2D eigenvalue weighted by atomic mass is 16.7. The van der Waals surface area contributed by atoms with E-state index in [0.717, 1.165) is 25.7 Å². The van der Waals surface area contributed by atoms with Crippen LogP contribution in [-0.2, 0) is 28.5 Å². The van der Waals surface area contributed by atoms with Gasteiger partial charge in [0.1, 0.15) is 13.6 Å². The molecule has 31 heavy (non-hydrogen) atoms. The molecular weight excluding hydrogens is 396 g/mol. The fourth-order valence-corrected chi connectivity index (χ4v) is 8.84. The van der Waals surface area contributed by atoms with Gasteiger partial charge in [-0.15, -0.1) is 0 Å². The number of rotatable bonds is 8. The summed E-state index contributed by atoms with van der Waals surface area (Å²) in [5.41, 5.74) is -0.0803. The third-order valence-corrected chi connectivity index (χ3v) is 9.97. The number of methoxy groups -OCH3 is 3. The summed E-state index contributed by atoms with van der Waals surface area (Å²) in [6.45, 7) is 5.98. The normalized spacial score (nSPS) is 46.3. The molecule has 8 atom stereocenters. The van der Waals surface area contributed by atoms with Crippen LogP contribution in [0.2, 0.25) is 0 Å². The van der Waals surface area contributed by atoms with Crippen LogP contribution in [0.4, 0.5) is 0 Å². The third-order valence-electron chi connectivity index (χ3n) is 9.97. The van der Waals surface area contributed by atoms with Crippen LogP contribution in [0.25, 0.3) is 0 Å². The van der Waals surface area contributed by atoms with Crippen LogP contribution >= 0.6 is 0 Å². The zero-order valence-corrected chi connectivity index (χ0v) is 20.1. The molecule has 1 spiro atoms. The van der Waals surface area contributed by atoms with Crippen LogP contribution in [0.1, 0.15) is 65.2 Å². The van der Waals surface area contributed by atoms with E-state index in [1.54, 1.807) is 21.3 Å². The number of carbonyl (C=O) groups is 1. The molecule has 2 bridgehead atoms. The molecule has 5 fully saturated rings. The Morgan fingerprint density at radius 3 is 2.39 bits per heavy atom. The molecule has 5 aliphatic rings. The first kappa shape index (κ1) is 23.5. The van der Waals surface area contributed by atoms with Crippen molar-refractivity contribution >= 4 is 5.97 Å². The quantitative estimate of drug-likeness (QED) is 0.318. The van der Waals surface area contributed by atoms with Gasteiger partial charge in [0.2, 0.25) is 0 Å². The summed E-state index contributed by atoms with van der Waals surface area (Å²) in [4.78, 5) is 12.9. The molecule has 0 aromatic carbocycles. The molecule has 0 saturated heterocycles. The average molecular weight is 439 g/mol. The molecule has 0 amide bonds. The van der Waals surface area contributed by atoms with E-state index in [-0.39, 0.29) is 28.3 Å². The predicted molar refractivity (Wildman–Crippen MR) is 116 cm³/mol. The van der Waals surface area contributed by atoms with Crippen molar-refractivity contribution in [3.63, 3.8) is 0 Å². The van der Waals surface area contributed by atoms with Crippen LogP contribution in [0, 0.1) is 39.9 Å². The zero-order chi connectivity index (χ0) is 22.3. The molecule has 5 saturated carbocycles. The van der Waals surface area contributed by atoms with Crippen LogP contribution in [0.5, 0.6) is 0 Å². The van der Waals surface area contributed by atoms with Gasteiger partial charge in [0.25, 0.3) is 0 Å². The maximum Gasteiger partial charge on any atom is 0.311 e. The summed E-state index contributed by atoms with van der Waals surface area (Å²) < 4.78 is 28.2. The van der Waals surface area contributed by atoms with Gasteiger partial charge in [-0.2, -0.15) is 0 Å². The fraction of sp³-hybridized carbons (Fsp3) is 0.960. The molecule has 0 N–H and O–H groups in total. The van der Waals surface area contributed by atoms with E-state index in [1.807, 2.05) is 0 Å². The van der Waals surface area contributed by atoms with E-state index < -0.39 is 0 Å². The Balaban J connectivity index is 1.67. The highest BCUT2D eigenvalue weighted by Crippen LogP contribution is 2.72. The molecule has 6 heteroatoms. The van der Waals surface area contributed by atoms with Crippen molar-refractivity contribution in [2.24, 2.45) is 39.9 Å². The monoisotopic (exact) mass is 438 g/mol. The Bertz CT molecular complexity index is 654. The molecular formula is C25H42O6. The lowest BCUT2D eigenvalue weighted by atomic mass is 9.35. The predicted octanol–water partition coefficient (Wildman–Crippen LogP) is 4.41. The van der Waals surface area contributed by atoms with Crippen molar-refractivity contribution in [1.82, 2.24) is 0 Å². The van der Waals surface area contributed by atoms with Crippen LogP contribution in [-0.4, -0.2) is 53.6 Å². The fourth-order valence-electron chi connectivity index (χ4n) is 8.84. The van der Waals surface area contributed by atoms with Gasteiger partial charge < -0.3 is 23.7 Å². The lowest BCUT2D eigenvalue weighted by Crippen LogP contribution is -2.67. The summed E-state index contributed by atoms with van der Waals surface area (Å²) in [6.07, 6.45) is 9.26. The molecule has 0 aliphatic heterocycles. The molecule has 0 radical (unpaired) electrons. The summed E-state index contributed by atoms with van der Waals surface area (Å²) in [5.74, 6) is 1.90. The summed E-state index contributed by atoms with van der Waals surface area (Å²) in [5, 5.41) is 0. The molecule has 0 aromatic rings. The van der Waals surface area contributed by atoms with Gasteiger partial charge in [-0.3, -0.25) is 4.79 Å². The van der Waals surface area contributed by atoms with Crippen molar-refractivity contribution in [2.45, 2.75) is 71.3 Å². The first-order chi connectivity index (χ1) is 14.9. The van der Waals surface area contributed by atoms with E-state index in [4.69, 9.17) is 23.7 Å². The minimum absolute atomic E-state index is 0.0154. The molecule has 0 heterocycles. The van der Waals surface area contributed by atoms with Crippen molar-refractivity contribution in [2.75, 3.05) is 41.5 Å². The largest absolute Gasteiger partial charge is 0.469 e. The van der Waals surface area contributed by atoms with E-state index in [1.165, 1.54) is 25.7 Å². The molecule has 5 rings (SSSR count). The second-order valence-corrected chi connectivity index (χ2v) is 11.1. The van der Waals surface area contributed by atoms with Crippen LogP contribution in [0.15, 0.2) is 0 Å². The minimum atomic E-state index is -0.371. The molecule has 0 aromatic heterocycles. The number of ether oxygens (including phenoxy) is 5. The Morgan fingerprint density at radius 1 is 0.935 bits per heavy atom. The van der Waals surface area contributed by atoms with Crippen LogP contribution < -0.4 is 0 Å². The van der Waals surface area contributed by atoms with E-state index in [0.29, 0.717) is 43.9 Å². The molecule has 178 valence electrons. The zero-order valence-electron chi connectivity index (χ0n) is 20.1. The summed E-state index contributed by atoms with van der Waals surface area (Å²) >= 11 is 0. The highest BCUT2D eigenvalue weighted by Gasteiger charge is 2.69. The summed E-state index contributed by atoms with van der Waals surface area (Å²) in [6, 6.07) is 0. The number of hydrogen-bond acceptors (Lipinski definition) is 6. The van der Waals surface area contributed by atoms with Crippen molar-refractivity contribution in [1.29, 1.82) is 0 Å². The number of esters is 1. The van der Waals surface area contributed by atoms with Gasteiger partial charge in [-0.1, -0.05) is 13.3 Å². The standard InChI is InChI=1S/C25H42O6/c1-23-9-6-10-24(2,22(26)29-5)19(23)8-12-25-11-7-17(13-20(23)25)18(14-30-15-27-3)21(25)31-16-28-4/h17-21H,6-16H2,1-5H3/t17-,18+,19+,20+,21-,23-,24-,25+/m1/s1. The number of hydrogen-bond donors (Lipinski definition) is 0. The van der Waals surface area contributed by atoms with Crippen LogP contribution in [0.3, 0.4) is 0 Å². The Kier molecular flexibility index (Phi) is 6.75. The maximum atomic E-state index is 12.9. The number of fused-ring (bicyclic) bond motifs is 3. The Morgan fingerprint density at radius 2 is 1.68 bits per heavy atom. The molecule has 0 unspecified atom stereocenters. The second-order valence-electron chi connectivity index (χ2n) is 11.1. The Labute approximate surface area is 187 Å². The van der Waals surface area contributed by atoms with Gasteiger partial charge in [0.05, 0.1) is 25.2 Å². The van der Waals surface area contributed by atoms with Gasteiger partial charge in [-0.05, 0) is 75.0 Å². The number of carbonyl (C=O) groups excluding carboxylic acids is 1. The molecule has 6 nitrogen and oxygen atoms in total. The SMILES string of the molecule is COCOC[C@H]1[C@@H]2CC[C@@]3(CC[C@H]4[C@@](C)(CCC[C@@]4(C)C(=O)OC)[C@@H]3C2)[C@@H]1OCOC.